The molecule has 2 heterocycles. The number of nitrogens with zero attached hydrogens (tertiary/aromatic N) is 3. The molecule has 0 aliphatic carbocycles. The number of imidazole rings is 1. The molecule has 0 atom stereocenters. The number of unbranched alkanes of at least 4 members (excludes halogenated alkanes) is 3. The van der Waals surface area contributed by atoms with Crippen LogP contribution in [-0.4, -0.2) is 44.2 Å². The molecule has 0 fully saturated rings. The Hall–Kier alpha value is -2.16. The number of hydrogen-bond acceptors (Lipinski definition) is 5. The van der Waals surface area contributed by atoms with E-state index in [9.17, 15) is 4.79 Å². The molecule has 0 aliphatic rings. The molecule has 0 bridgehead atoms. The first-order chi connectivity index (χ1) is 16.5. The number of amides is 1. The summed E-state index contributed by atoms with van der Waals surface area (Å²) >= 11 is -2.50. The molecule has 184 valence electrons. The van der Waals surface area contributed by atoms with E-state index in [1.54, 1.807) is 9.91 Å². The van der Waals surface area contributed by atoms with Gasteiger partial charge >= 0.3 is 208 Å². The maximum atomic E-state index is 11.5. The van der Waals surface area contributed by atoms with Crippen molar-refractivity contribution in [2.75, 3.05) is 5.32 Å². The first kappa shape index (κ1) is 26.4. The number of carbonyl (C=O) groups excluding carboxylic acids is 1. The van der Waals surface area contributed by atoms with Crippen LogP contribution in [0.4, 0.5) is 5.95 Å². The second kappa shape index (κ2) is 13.1. The summed E-state index contributed by atoms with van der Waals surface area (Å²) < 4.78 is 12.1. The number of aromatic amines is 1. The fourth-order valence-corrected chi connectivity index (χ4v) is 20.7. The van der Waals surface area contributed by atoms with Gasteiger partial charge in [-0.1, -0.05) is 0 Å². The summed E-state index contributed by atoms with van der Waals surface area (Å²) in [6.07, 6.45) is 9.39. The van der Waals surface area contributed by atoms with E-state index in [4.69, 9.17) is 4.74 Å². The summed E-state index contributed by atoms with van der Waals surface area (Å²) in [7, 11) is 0. The summed E-state index contributed by atoms with van der Waals surface area (Å²) in [5.41, 5.74) is 2.26. The molecule has 2 aromatic heterocycles. The van der Waals surface area contributed by atoms with Gasteiger partial charge in [-0.25, -0.2) is 0 Å². The van der Waals surface area contributed by atoms with Crippen LogP contribution in [-0.2, 0) is 11.4 Å². The molecule has 0 saturated heterocycles. The van der Waals surface area contributed by atoms with Gasteiger partial charge in [-0.05, 0) is 0 Å². The Kier molecular flexibility index (Phi) is 10.2. The van der Waals surface area contributed by atoms with E-state index in [1.807, 2.05) is 0 Å². The molecule has 0 saturated carbocycles. The number of fused-ring (bicyclic) bond motifs is 1. The number of aromatic nitrogens is 4. The standard InChI is InChI=1S/C14H12N5O2.3C4H9.Sn/c1-9(20)17-14-18-12-11(15-8-16-12)13(19-14)21-7-10-5-3-2-4-6-10;3*1-3-4-2;/h2-3,5-6,8H,7H2,1H3,(H2,15,16,17,18,19,20);3*1,3-4H2,2H3;. The van der Waals surface area contributed by atoms with Gasteiger partial charge < -0.3 is 0 Å². The summed E-state index contributed by atoms with van der Waals surface area (Å²) in [6, 6.07) is 9.15. The van der Waals surface area contributed by atoms with Crippen LogP contribution in [0.3, 0.4) is 0 Å². The molecule has 34 heavy (non-hydrogen) atoms. The first-order valence-corrected chi connectivity index (χ1v) is 20.2. The Balaban J connectivity index is 1.86. The summed E-state index contributed by atoms with van der Waals surface area (Å²) in [5, 5.41) is 2.63. The van der Waals surface area contributed by atoms with Gasteiger partial charge in [0, 0.05) is 0 Å². The quantitative estimate of drug-likeness (QED) is 0.233. The van der Waals surface area contributed by atoms with Crippen LogP contribution in [0.25, 0.3) is 11.2 Å². The van der Waals surface area contributed by atoms with Crippen molar-refractivity contribution in [3.63, 3.8) is 0 Å². The number of ether oxygens (including phenoxy) is 1. The van der Waals surface area contributed by atoms with Gasteiger partial charge in [0.15, 0.2) is 0 Å². The molecule has 0 unspecified atom stereocenters. The van der Waals surface area contributed by atoms with Gasteiger partial charge in [-0.2, -0.15) is 0 Å². The van der Waals surface area contributed by atoms with Crippen molar-refractivity contribution in [1.82, 2.24) is 19.9 Å². The van der Waals surface area contributed by atoms with Crippen molar-refractivity contribution in [3.8, 4) is 5.88 Å². The van der Waals surface area contributed by atoms with Crippen LogP contribution < -0.4 is 13.6 Å². The molecule has 0 radical (unpaired) electrons. The van der Waals surface area contributed by atoms with Crippen molar-refractivity contribution >= 4 is 45.0 Å². The van der Waals surface area contributed by atoms with E-state index >= 15 is 0 Å². The minimum absolute atomic E-state index is 0.199. The number of H-pyrrole nitrogens is 1. The van der Waals surface area contributed by atoms with E-state index in [1.165, 1.54) is 58.8 Å². The van der Waals surface area contributed by atoms with E-state index in [0.717, 1.165) is 5.56 Å². The summed E-state index contributed by atoms with van der Waals surface area (Å²) in [4.78, 5) is 27.4. The molecule has 3 aromatic rings. The van der Waals surface area contributed by atoms with Crippen LogP contribution in [0.15, 0.2) is 30.6 Å². The van der Waals surface area contributed by atoms with Gasteiger partial charge in [0.25, 0.3) is 0 Å². The number of carbonyl (C=O) groups is 1. The van der Waals surface area contributed by atoms with Crippen molar-refractivity contribution < 1.29 is 9.53 Å². The predicted molar refractivity (Wildman–Crippen MR) is 141 cm³/mol. The zero-order valence-corrected chi connectivity index (χ0v) is 24.0. The Morgan fingerprint density at radius 1 is 1.03 bits per heavy atom. The molecule has 1 aromatic carbocycles. The zero-order chi connectivity index (χ0) is 24.4. The molecule has 0 spiro atoms. The Morgan fingerprint density at radius 3 is 2.32 bits per heavy atom. The summed E-state index contributed by atoms with van der Waals surface area (Å²) in [5.74, 6) is 0.364. The van der Waals surface area contributed by atoms with Gasteiger partial charge in [0.2, 0.25) is 0 Å². The maximum absolute atomic E-state index is 11.5. The Labute approximate surface area is 207 Å². The van der Waals surface area contributed by atoms with E-state index < -0.39 is 18.4 Å². The second-order valence-electron chi connectivity index (χ2n) is 9.21. The Morgan fingerprint density at radius 2 is 1.71 bits per heavy atom. The second-order valence-corrected chi connectivity index (χ2v) is 22.5. The summed E-state index contributed by atoms with van der Waals surface area (Å²) in [6.45, 7) is 8.78. The Bertz CT molecular complexity index is 1050. The minimum atomic E-state index is -2.50. The van der Waals surface area contributed by atoms with Crippen LogP contribution >= 0.6 is 0 Å². The van der Waals surface area contributed by atoms with Crippen molar-refractivity contribution in [3.05, 3.63) is 36.2 Å². The molecule has 7 nitrogen and oxygen atoms in total. The van der Waals surface area contributed by atoms with Gasteiger partial charge in [0.05, 0.1) is 0 Å². The third-order valence-electron chi connectivity index (χ3n) is 6.48. The van der Waals surface area contributed by atoms with E-state index in [-0.39, 0.29) is 11.9 Å². The van der Waals surface area contributed by atoms with Gasteiger partial charge in [-0.3, -0.25) is 0 Å². The van der Waals surface area contributed by atoms with Crippen LogP contribution in [0.5, 0.6) is 5.88 Å². The zero-order valence-electron chi connectivity index (χ0n) is 21.1. The van der Waals surface area contributed by atoms with Gasteiger partial charge in [0.1, 0.15) is 0 Å². The van der Waals surface area contributed by atoms with Crippen molar-refractivity contribution in [1.29, 1.82) is 0 Å². The van der Waals surface area contributed by atoms with Crippen LogP contribution in [0, 0.1) is 0 Å². The van der Waals surface area contributed by atoms with E-state index in [0.29, 0.717) is 23.7 Å². The molecule has 3 rings (SSSR count). The molecular weight excluding hydrogens is 533 g/mol. The molecule has 0 aliphatic heterocycles. The average Bonchev–Trinajstić information content (AvgIpc) is 3.31. The molecule has 2 N–H and O–H groups in total. The van der Waals surface area contributed by atoms with Crippen LogP contribution in [0.2, 0.25) is 13.3 Å². The number of nitrogens with one attached hydrogen (secondary N) is 2. The number of hydrogen-bond donors (Lipinski definition) is 2. The third-order valence-corrected chi connectivity index (χ3v) is 22.1. The molecular formula is C26H39N5O2Sn. The number of rotatable bonds is 14. The van der Waals surface area contributed by atoms with Crippen molar-refractivity contribution in [2.45, 2.75) is 86.1 Å². The monoisotopic (exact) mass is 573 g/mol. The topological polar surface area (TPSA) is 92.8 Å². The van der Waals surface area contributed by atoms with Crippen molar-refractivity contribution in [2.24, 2.45) is 0 Å². The first-order valence-electron chi connectivity index (χ1n) is 12.7. The normalized spacial score (nSPS) is 11.6. The number of anilines is 1. The van der Waals surface area contributed by atoms with E-state index in [2.05, 4.69) is 70.3 Å². The van der Waals surface area contributed by atoms with Gasteiger partial charge in [-0.15, -0.1) is 0 Å². The molecule has 8 heteroatoms. The average molecular weight is 572 g/mol. The molecule has 1 amide bonds. The third kappa shape index (κ3) is 6.93. The fraction of sp³-hybridized carbons (Fsp3) is 0.538. The van der Waals surface area contributed by atoms with Crippen LogP contribution in [0.1, 0.15) is 71.8 Å². The predicted octanol–water partition coefficient (Wildman–Crippen LogP) is 5.95. The fourth-order valence-electron chi connectivity index (χ4n) is 4.62. The number of benzene rings is 1. The SMILES string of the molecule is CCC[CH2][Sn]([CH2]CCC)([CH2]CCC)[c]1cccc(COc2nc(NC(C)=O)nc3nc[nH]c23)c1.